The number of anilines is 17. The fourth-order valence-corrected chi connectivity index (χ4v) is 18.9. The number of nitrogens with one attached hydrogen (secondary N) is 1. The molecule has 0 aliphatic heterocycles. The summed E-state index contributed by atoms with van der Waals surface area (Å²) in [4.78, 5) is 11.5. The van der Waals surface area contributed by atoms with Crippen LogP contribution < -0.4 is 50.2 Å². The zero-order valence-corrected chi connectivity index (χ0v) is 79.0. The van der Waals surface area contributed by atoms with E-state index in [1.54, 1.807) is 0 Å². The number of fused-ring (bicyclic) bond motifs is 12. The van der Waals surface area contributed by atoms with Crippen LogP contribution in [0.1, 0.15) is 0 Å². The number of ether oxygens (including phenoxy) is 3. The predicted octanol–water partition coefficient (Wildman–Crippen LogP) is 37.3. The topological polar surface area (TPSA) is 122 Å². The minimum atomic E-state index is 0. The highest BCUT2D eigenvalue weighted by Crippen LogP contribution is 2.51. The summed E-state index contributed by atoms with van der Waals surface area (Å²) < 4.78 is 22.1. The Balaban J connectivity index is 0.000000181. The van der Waals surface area contributed by atoms with E-state index in [4.69, 9.17) is 14.2 Å². The van der Waals surface area contributed by atoms with Gasteiger partial charge in [0.15, 0.2) is 0 Å². The molecule has 0 bridgehead atoms. The molecule has 0 atom stereocenters. The van der Waals surface area contributed by atoms with Crippen molar-refractivity contribution in [3.8, 4) is 34.5 Å². The molecule has 0 spiro atoms. The van der Waals surface area contributed by atoms with Crippen LogP contribution in [-0.4, -0.2) is 5.48 Å². The highest BCUT2D eigenvalue weighted by Gasteiger charge is 2.26. The smallest absolute Gasteiger partial charge is 0.131 e. The number of hydrogen-bond donors (Lipinski definition) is 2. The van der Waals surface area contributed by atoms with E-state index < -0.39 is 0 Å². The second-order valence-electron chi connectivity index (χ2n) is 33.1. The van der Waals surface area contributed by atoms with E-state index in [0.29, 0.717) is 11.5 Å². The van der Waals surface area contributed by atoms with E-state index in [1.807, 2.05) is 127 Å². The first-order chi connectivity index (χ1) is 67.7. The summed E-state index contributed by atoms with van der Waals surface area (Å²) in [6.45, 7) is 0. The SMILES string of the molecule is Brc1ccc2c3ccccc3c3ccc(Br)cc3c2c1.N.O.c1ccc(Nc2cc(Oc3ccccc3)cc(N(c3ccccc3)c3ccccc3)c2)cc1.c1ccc(Oc2cc(N(c3ccccc3)c3ccccc3)cc(N(c3ccccc3)c3ccc4c5ccccc5c5ccc(N(c6ccccc6)c6cc(Oc7ccccc7)cc(N(c7ccccc7)c7ccccc7)c6)cc5c4c3)c2)cc1. The molecule has 0 unspecified atom stereocenters. The molecule has 0 fully saturated rings. The summed E-state index contributed by atoms with van der Waals surface area (Å²) in [5.74, 6) is 4.45. The maximum atomic E-state index is 6.82. The fraction of sp³-hybridized carbons (Fsp3) is 0. The number of nitrogens with zero attached hydrogens (tertiary/aromatic N) is 5. The third kappa shape index (κ3) is 20.4. The van der Waals surface area contributed by atoms with E-state index in [0.717, 1.165) is 150 Å². The molecule has 139 heavy (non-hydrogen) atoms. The summed E-state index contributed by atoms with van der Waals surface area (Å²) in [6, 6.07) is 188. The largest absolute Gasteiger partial charge is 0.457 e. The summed E-state index contributed by atoms with van der Waals surface area (Å²) in [6.07, 6.45) is 0. The second-order valence-corrected chi connectivity index (χ2v) is 34.9. The summed E-state index contributed by atoms with van der Waals surface area (Å²) in [5, 5.41) is 18.2. The number of benzene rings is 23. The molecule has 0 aromatic heterocycles. The van der Waals surface area contributed by atoms with Crippen molar-refractivity contribution in [2.75, 3.05) is 29.8 Å². The third-order valence-electron chi connectivity index (χ3n) is 24.1. The first kappa shape index (κ1) is 90.8. The molecule has 0 saturated carbocycles. The number of halogens is 2. The molecule has 11 nitrogen and oxygen atoms in total. The van der Waals surface area contributed by atoms with Crippen LogP contribution in [0.4, 0.5) is 96.7 Å². The lowest BCUT2D eigenvalue weighted by Crippen LogP contribution is -2.14. The molecule has 0 aliphatic carbocycles. The zero-order valence-electron chi connectivity index (χ0n) is 75.8. The Morgan fingerprint density at radius 2 is 0.345 bits per heavy atom. The van der Waals surface area contributed by atoms with Gasteiger partial charge in [0.05, 0.1) is 28.4 Å². The molecule has 672 valence electrons. The maximum Gasteiger partial charge on any atom is 0.131 e. The van der Waals surface area contributed by atoms with Crippen molar-refractivity contribution in [2.24, 2.45) is 0 Å². The summed E-state index contributed by atoms with van der Waals surface area (Å²) in [7, 11) is 0. The molecule has 13 heteroatoms. The van der Waals surface area contributed by atoms with Crippen molar-refractivity contribution >= 4 is 193 Å². The Morgan fingerprint density at radius 3 is 0.612 bits per heavy atom. The molecule has 0 saturated heterocycles. The zero-order chi connectivity index (χ0) is 92.0. The van der Waals surface area contributed by atoms with Crippen molar-refractivity contribution < 1.29 is 19.7 Å². The monoisotopic (exact) mass is 1930 g/mol. The van der Waals surface area contributed by atoms with Crippen LogP contribution in [-0.2, 0) is 0 Å². The van der Waals surface area contributed by atoms with E-state index in [9.17, 15) is 0 Å². The predicted molar refractivity (Wildman–Crippen MR) is 591 cm³/mol. The van der Waals surface area contributed by atoms with Crippen LogP contribution in [0.2, 0.25) is 0 Å². The van der Waals surface area contributed by atoms with E-state index in [1.165, 1.54) is 43.1 Å². The van der Waals surface area contributed by atoms with Crippen molar-refractivity contribution in [3.05, 3.63) is 549 Å². The van der Waals surface area contributed by atoms with Crippen LogP contribution >= 0.6 is 31.9 Å². The lowest BCUT2D eigenvalue weighted by atomic mass is 9.93. The van der Waals surface area contributed by atoms with E-state index in [-0.39, 0.29) is 11.6 Å². The minimum Gasteiger partial charge on any atom is -0.457 e. The fourth-order valence-electron chi connectivity index (χ4n) is 18.1. The minimum absolute atomic E-state index is 0. The van der Waals surface area contributed by atoms with Gasteiger partial charge in [-0.3, -0.25) is 0 Å². The lowest BCUT2D eigenvalue weighted by Gasteiger charge is -2.31. The average Bonchev–Trinajstić information content (AvgIpc) is 0.731. The molecular formula is C126H95Br2N7O4. The lowest BCUT2D eigenvalue weighted by molar-refractivity contribution is 0.482. The van der Waals surface area contributed by atoms with Gasteiger partial charge in [-0.1, -0.05) is 323 Å². The molecular weight excluding hydrogens is 1840 g/mol. The Kier molecular flexibility index (Phi) is 27.8. The Labute approximate surface area is 825 Å². The first-order valence-electron chi connectivity index (χ1n) is 45.7. The summed E-state index contributed by atoms with van der Waals surface area (Å²) >= 11 is 7.18. The van der Waals surface area contributed by atoms with Crippen molar-refractivity contribution in [2.45, 2.75) is 0 Å². The Morgan fingerprint density at radius 1 is 0.144 bits per heavy atom. The quantitative estimate of drug-likeness (QED) is 0.0599. The van der Waals surface area contributed by atoms with Crippen LogP contribution in [0.15, 0.2) is 549 Å². The molecule has 0 radical (unpaired) electrons. The van der Waals surface area contributed by atoms with Crippen LogP contribution in [0.25, 0.3) is 64.6 Å². The Hall–Kier alpha value is -17.3. The van der Waals surface area contributed by atoms with E-state index >= 15 is 0 Å². The number of rotatable bonds is 23. The standard InChI is InChI=1S/C78H56N4O2.C30H24N2O.C18H10Br2.H3N.H2O/c1-9-27-57(28-10-1)79(58-29-11-2-12-30-58)65-49-67(53-71(51-65)83-69-39-21-7-22-40-69)81(61-35-17-5-18-36-61)63-45-47-75-73-43-25-26-44-74(73)76-48-46-64(56-78(76)77(75)55-63)82(62-37-19-6-20-38-62)68-50-66(52-72(54-68)84-70-41-23-8-24-42-70)80(59-31-13-3-14-32-59)60-33-15-4-16-34-60;1-5-13-24(14-6-1)31-25-21-28(23-30(22-25)33-29-19-11-4-12-20-29)32(26-15-7-2-8-16-26)27-17-9-3-10-18-27;19-11-5-7-15-13-3-1-2-4-14(13)16-8-6-12(20)10-18(16)17(15)9-11;;/h1-56H;1-23,31H;1-10H;1H3;1H2. The van der Waals surface area contributed by atoms with Gasteiger partial charge in [0.2, 0.25) is 0 Å². The highest BCUT2D eigenvalue weighted by molar-refractivity contribution is 9.10. The molecule has 0 heterocycles. The molecule has 23 aromatic rings. The van der Waals surface area contributed by atoms with Gasteiger partial charge in [-0.2, -0.15) is 0 Å². The molecule has 0 aliphatic rings. The normalized spacial score (nSPS) is 10.8. The van der Waals surface area contributed by atoms with Crippen molar-refractivity contribution in [3.63, 3.8) is 0 Å². The molecule has 0 amide bonds. The number of hydrogen-bond acceptors (Lipinski definition) is 10. The highest BCUT2D eigenvalue weighted by atomic mass is 79.9. The average molecular weight is 1930 g/mol. The molecule has 23 rings (SSSR count). The van der Waals surface area contributed by atoms with E-state index in [2.05, 4.69) is 474 Å². The molecule has 6 N–H and O–H groups in total. The van der Waals surface area contributed by atoms with Gasteiger partial charge in [-0.05, 0) is 277 Å². The van der Waals surface area contributed by atoms with Gasteiger partial charge in [0.1, 0.15) is 34.5 Å². The maximum absolute atomic E-state index is 6.82. The van der Waals surface area contributed by atoms with Gasteiger partial charge >= 0.3 is 0 Å². The van der Waals surface area contributed by atoms with Crippen LogP contribution in [0.3, 0.4) is 0 Å². The van der Waals surface area contributed by atoms with Gasteiger partial charge in [0.25, 0.3) is 0 Å². The van der Waals surface area contributed by atoms with Crippen molar-refractivity contribution in [1.82, 2.24) is 6.15 Å². The first-order valence-corrected chi connectivity index (χ1v) is 47.3. The molecule has 23 aromatic carbocycles. The second kappa shape index (κ2) is 42.5. The Bertz CT molecular complexity index is 7560. The van der Waals surface area contributed by atoms with Gasteiger partial charge in [-0.15, -0.1) is 0 Å². The van der Waals surface area contributed by atoms with Crippen LogP contribution in [0.5, 0.6) is 34.5 Å². The summed E-state index contributed by atoms with van der Waals surface area (Å²) in [5.41, 5.74) is 16.9. The van der Waals surface area contributed by atoms with Gasteiger partial charge in [-0.25, -0.2) is 0 Å². The van der Waals surface area contributed by atoms with Gasteiger partial charge in [0, 0.05) is 114 Å². The van der Waals surface area contributed by atoms with Crippen molar-refractivity contribution in [1.29, 1.82) is 0 Å². The number of para-hydroxylation sites is 12. The van der Waals surface area contributed by atoms with Crippen LogP contribution in [0, 0.1) is 0 Å². The van der Waals surface area contributed by atoms with Gasteiger partial charge < -0.3 is 55.7 Å². The third-order valence-corrected chi connectivity index (χ3v) is 25.1.